The zero-order valence-electron chi connectivity index (χ0n) is 13.9. The lowest BCUT2D eigenvalue weighted by Crippen LogP contribution is -2.14. The van der Waals surface area contributed by atoms with Gasteiger partial charge in [0.2, 0.25) is 0 Å². The monoisotopic (exact) mass is 344 g/mol. The topological polar surface area (TPSA) is 71.3 Å². The van der Waals surface area contributed by atoms with Crippen molar-refractivity contribution in [2.24, 2.45) is 0 Å². The second kappa shape index (κ2) is 8.36. The van der Waals surface area contributed by atoms with E-state index in [0.717, 1.165) is 5.56 Å². The van der Waals surface area contributed by atoms with E-state index in [-0.39, 0.29) is 6.61 Å². The van der Waals surface area contributed by atoms with Crippen molar-refractivity contribution in [1.29, 1.82) is 5.26 Å². The molecule has 3 rings (SSSR count). The van der Waals surface area contributed by atoms with Gasteiger partial charge in [-0.1, -0.05) is 48.5 Å². The zero-order chi connectivity index (χ0) is 18.2. The molecule has 1 N–H and O–H groups in total. The van der Waals surface area contributed by atoms with Gasteiger partial charge >= 0.3 is 6.09 Å². The van der Waals surface area contributed by atoms with Crippen LogP contribution in [0, 0.1) is 11.3 Å². The van der Waals surface area contributed by atoms with Crippen molar-refractivity contribution in [1.82, 2.24) is 0 Å². The van der Waals surface area contributed by atoms with Crippen LogP contribution in [0.15, 0.2) is 78.9 Å². The molecule has 5 heteroatoms. The Morgan fingerprint density at radius 2 is 1.73 bits per heavy atom. The molecular weight excluding hydrogens is 328 g/mol. The van der Waals surface area contributed by atoms with Crippen LogP contribution in [0.1, 0.15) is 11.1 Å². The molecule has 128 valence electrons. The molecule has 5 nitrogen and oxygen atoms in total. The van der Waals surface area contributed by atoms with Gasteiger partial charge in [-0.3, -0.25) is 5.32 Å². The smallest absolute Gasteiger partial charge is 0.412 e. The number of nitrogens with zero attached hydrogens (tertiary/aromatic N) is 1. The van der Waals surface area contributed by atoms with Crippen molar-refractivity contribution < 1.29 is 14.3 Å². The Labute approximate surface area is 151 Å². The lowest BCUT2D eigenvalue weighted by atomic mass is 10.2. The highest BCUT2D eigenvalue weighted by molar-refractivity contribution is 5.86. The Morgan fingerprint density at radius 1 is 0.962 bits per heavy atom. The van der Waals surface area contributed by atoms with Gasteiger partial charge in [-0.05, 0) is 35.9 Å². The molecule has 0 spiro atoms. The maximum Gasteiger partial charge on any atom is 0.412 e. The summed E-state index contributed by atoms with van der Waals surface area (Å²) in [6.07, 6.45) is -0.573. The zero-order valence-corrected chi connectivity index (χ0v) is 13.9. The van der Waals surface area contributed by atoms with E-state index in [1.807, 2.05) is 30.3 Å². The van der Waals surface area contributed by atoms with Gasteiger partial charge < -0.3 is 9.47 Å². The van der Waals surface area contributed by atoms with Crippen LogP contribution in [0.5, 0.6) is 11.5 Å². The summed E-state index contributed by atoms with van der Waals surface area (Å²) in [6, 6.07) is 25.3. The molecule has 0 aliphatic rings. The molecule has 0 bridgehead atoms. The molecule has 1 amide bonds. The fraction of sp³-hybridized carbons (Fsp3) is 0.0476. The summed E-state index contributed by atoms with van der Waals surface area (Å²) in [6.45, 7) is 0.180. The third-order valence-corrected chi connectivity index (χ3v) is 3.53. The number of benzene rings is 3. The van der Waals surface area contributed by atoms with Crippen LogP contribution in [-0.4, -0.2) is 6.09 Å². The molecule has 0 saturated heterocycles. The SMILES string of the molecule is N#Cc1cccc(Oc2ccccc2NC(=O)OCc2ccccc2)c1. The average molecular weight is 344 g/mol. The molecule has 0 atom stereocenters. The first-order valence-corrected chi connectivity index (χ1v) is 7.99. The number of nitriles is 1. The predicted molar refractivity (Wildman–Crippen MR) is 97.9 cm³/mol. The summed E-state index contributed by atoms with van der Waals surface area (Å²) in [5.74, 6) is 0.968. The third-order valence-electron chi connectivity index (χ3n) is 3.53. The van der Waals surface area contributed by atoms with Gasteiger partial charge in [0.1, 0.15) is 12.4 Å². The Hall–Kier alpha value is -3.78. The highest BCUT2D eigenvalue weighted by Gasteiger charge is 2.10. The van der Waals surface area contributed by atoms with E-state index in [1.165, 1.54) is 0 Å². The fourth-order valence-corrected chi connectivity index (χ4v) is 2.28. The van der Waals surface area contributed by atoms with Crippen molar-refractivity contribution in [3.05, 3.63) is 90.0 Å². The maximum absolute atomic E-state index is 12.1. The predicted octanol–water partition coefficient (Wildman–Crippen LogP) is 5.10. The summed E-state index contributed by atoms with van der Waals surface area (Å²) in [5.41, 5.74) is 1.88. The highest BCUT2D eigenvalue weighted by Crippen LogP contribution is 2.29. The van der Waals surface area contributed by atoms with E-state index >= 15 is 0 Å². The molecule has 0 aromatic heterocycles. The first kappa shape index (κ1) is 17.1. The molecule has 0 unspecified atom stereocenters. The Morgan fingerprint density at radius 3 is 2.54 bits per heavy atom. The van der Waals surface area contributed by atoms with Gasteiger partial charge in [0.25, 0.3) is 0 Å². The number of ether oxygens (including phenoxy) is 2. The van der Waals surface area contributed by atoms with Crippen LogP contribution in [0.2, 0.25) is 0 Å². The number of hydrogen-bond donors (Lipinski definition) is 1. The second-order valence-electron chi connectivity index (χ2n) is 5.42. The average Bonchev–Trinajstić information content (AvgIpc) is 2.69. The van der Waals surface area contributed by atoms with E-state index in [0.29, 0.717) is 22.7 Å². The van der Waals surface area contributed by atoms with Crippen LogP contribution in [0.3, 0.4) is 0 Å². The van der Waals surface area contributed by atoms with Crippen molar-refractivity contribution >= 4 is 11.8 Å². The summed E-state index contributed by atoms with van der Waals surface area (Å²) < 4.78 is 11.0. The number of anilines is 1. The van der Waals surface area contributed by atoms with E-state index in [4.69, 9.17) is 14.7 Å². The standard InChI is InChI=1S/C21H16N2O3/c22-14-17-9-6-10-18(13-17)26-20-12-5-4-11-19(20)23-21(24)25-15-16-7-2-1-3-8-16/h1-13H,15H2,(H,23,24). The number of hydrogen-bond acceptors (Lipinski definition) is 4. The number of nitrogens with one attached hydrogen (secondary N) is 1. The van der Waals surface area contributed by atoms with Crippen molar-refractivity contribution in [2.45, 2.75) is 6.61 Å². The number of amides is 1. The molecule has 0 fully saturated rings. The normalized spacial score (nSPS) is 9.81. The van der Waals surface area contributed by atoms with Crippen LogP contribution in [-0.2, 0) is 11.3 Å². The molecule has 0 heterocycles. The quantitative estimate of drug-likeness (QED) is 0.699. The molecule has 3 aromatic rings. The molecular formula is C21H16N2O3. The second-order valence-corrected chi connectivity index (χ2v) is 5.42. The number of para-hydroxylation sites is 2. The highest BCUT2D eigenvalue weighted by atomic mass is 16.5. The first-order chi connectivity index (χ1) is 12.7. The molecule has 0 saturated carbocycles. The van der Waals surface area contributed by atoms with Gasteiger partial charge in [-0.2, -0.15) is 5.26 Å². The third kappa shape index (κ3) is 4.62. The van der Waals surface area contributed by atoms with Gasteiger partial charge in [-0.25, -0.2) is 4.79 Å². The minimum atomic E-state index is -0.573. The van der Waals surface area contributed by atoms with Crippen LogP contribution >= 0.6 is 0 Å². The van der Waals surface area contributed by atoms with Gasteiger partial charge in [-0.15, -0.1) is 0 Å². The Bertz CT molecular complexity index is 933. The number of carbonyl (C=O) groups excluding carboxylic acids is 1. The molecule has 3 aromatic carbocycles. The minimum Gasteiger partial charge on any atom is -0.455 e. The number of carbonyl (C=O) groups is 1. The summed E-state index contributed by atoms with van der Waals surface area (Å²) in [5, 5.41) is 11.7. The van der Waals surface area contributed by atoms with Crippen molar-refractivity contribution in [3.8, 4) is 17.6 Å². The van der Waals surface area contributed by atoms with Crippen LogP contribution < -0.4 is 10.1 Å². The van der Waals surface area contributed by atoms with Crippen LogP contribution in [0.25, 0.3) is 0 Å². The van der Waals surface area contributed by atoms with Gasteiger partial charge in [0.15, 0.2) is 5.75 Å². The van der Waals surface area contributed by atoms with E-state index in [1.54, 1.807) is 48.5 Å². The van der Waals surface area contributed by atoms with E-state index < -0.39 is 6.09 Å². The lowest BCUT2D eigenvalue weighted by molar-refractivity contribution is 0.155. The first-order valence-electron chi connectivity index (χ1n) is 7.99. The molecule has 0 aliphatic heterocycles. The Kier molecular flexibility index (Phi) is 5.48. The van der Waals surface area contributed by atoms with Crippen molar-refractivity contribution in [3.63, 3.8) is 0 Å². The largest absolute Gasteiger partial charge is 0.455 e. The summed E-state index contributed by atoms with van der Waals surface area (Å²) >= 11 is 0. The lowest BCUT2D eigenvalue weighted by Gasteiger charge is -2.12. The molecule has 0 radical (unpaired) electrons. The molecule has 0 aliphatic carbocycles. The number of rotatable bonds is 5. The van der Waals surface area contributed by atoms with Crippen molar-refractivity contribution in [2.75, 3.05) is 5.32 Å². The maximum atomic E-state index is 12.1. The minimum absolute atomic E-state index is 0.180. The van der Waals surface area contributed by atoms with Gasteiger partial charge in [0, 0.05) is 0 Å². The summed E-state index contributed by atoms with van der Waals surface area (Å²) in [4.78, 5) is 12.1. The van der Waals surface area contributed by atoms with Crippen LogP contribution in [0.4, 0.5) is 10.5 Å². The summed E-state index contributed by atoms with van der Waals surface area (Å²) in [7, 11) is 0. The fourth-order valence-electron chi connectivity index (χ4n) is 2.28. The van der Waals surface area contributed by atoms with E-state index in [2.05, 4.69) is 11.4 Å². The molecule has 26 heavy (non-hydrogen) atoms. The van der Waals surface area contributed by atoms with Gasteiger partial charge in [0.05, 0.1) is 17.3 Å². The Balaban J connectivity index is 1.66. The van der Waals surface area contributed by atoms with E-state index in [9.17, 15) is 4.79 Å².